The Morgan fingerprint density at radius 2 is 1.63 bits per heavy atom. The first-order valence-corrected chi connectivity index (χ1v) is 14.1. The van der Waals surface area contributed by atoms with E-state index in [0.717, 1.165) is 11.1 Å². The summed E-state index contributed by atoms with van der Waals surface area (Å²) in [7, 11) is 0. The second kappa shape index (κ2) is 14.6. The number of ether oxygens (including phenoxy) is 3. The van der Waals surface area contributed by atoms with Crippen LogP contribution in [0.25, 0.3) is 6.08 Å². The van der Waals surface area contributed by atoms with Crippen molar-refractivity contribution in [3.8, 4) is 23.3 Å². The molecule has 208 valence electrons. The number of nitrogens with zero attached hydrogens (tertiary/aromatic N) is 1. The van der Waals surface area contributed by atoms with Gasteiger partial charge in [0, 0.05) is 15.7 Å². The van der Waals surface area contributed by atoms with Crippen LogP contribution in [0.2, 0.25) is 10.0 Å². The molecule has 0 fully saturated rings. The molecule has 4 rings (SSSR count). The SMILES string of the molecule is CCOc1cc(/C=C(\C#N)C(=O)Nc2ccc(OCc3ccc(Cl)cc3)cc2)cc(Br)c1OCc1cccc(Cl)c1. The summed E-state index contributed by atoms with van der Waals surface area (Å²) >= 11 is 15.5. The zero-order valence-electron chi connectivity index (χ0n) is 22.0. The molecule has 0 radical (unpaired) electrons. The van der Waals surface area contributed by atoms with Gasteiger partial charge < -0.3 is 19.5 Å². The summed E-state index contributed by atoms with van der Waals surface area (Å²) in [5, 5.41) is 13.8. The number of carbonyl (C=O) groups is 1. The van der Waals surface area contributed by atoms with Crippen molar-refractivity contribution in [3.63, 3.8) is 0 Å². The van der Waals surface area contributed by atoms with Gasteiger partial charge in [-0.1, -0.05) is 47.5 Å². The van der Waals surface area contributed by atoms with Crippen molar-refractivity contribution in [2.45, 2.75) is 20.1 Å². The molecule has 4 aromatic carbocycles. The first-order valence-electron chi connectivity index (χ1n) is 12.6. The molecule has 0 spiro atoms. The molecule has 9 heteroatoms. The largest absolute Gasteiger partial charge is 0.490 e. The van der Waals surface area contributed by atoms with Crippen LogP contribution < -0.4 is 19.5 Å². The number of halogens is 3. The number of benzene rings is 4. The Kier molecular flexibility index (Phi) is 10.7. The third-order valence-corrected chi connectivity index (χ3v) is 6.79. The summed E-state index contributed by atoms with van der Waals surface area (Å²) in [5.74, 6) is 1.07. The van der Waals surface area contributed by atoms with E-state index in [9.17, 15) is 10.1 Å². The molecule has 0 saturated heterocycles. The molecule has 4 aromatic rings. The number of nitriles is 1. The second-order valence-electron chi connectivity index (χ2n) is 8.75. The maximum Gasteiger partial charge on any atom is 0.266 e. The first kappa shape index (κ1) is 30.0. The molecular formula is C32H25BrCl2N2O4. The van der Waals surface area contributed by atoms with E-state index >= 15 is 0 Å². The third kappa shape index (κ3) is 8.76. The van der Waals surface area contributed by atoms with Crippen molar-refractivity contribution in [1.29, 1.82) is 5.26 Å². The molecule has 0 heterocycles. The van der Waals surface area contributed by atoms with Gasteiger partial charge in [-0.15, -0.1) is 0 Å². The summed E-state index contributed by atoms with van der Waals surface area (Å²) in [6, 6.07) is 27.1. The van der Waals surface area contributed by atoms with Gasteiger partial charge in [0.15, 0.2) is 11.5 Å². The van der Waals surface area contributed by atoms with Crippen molar-refractivity contribution in [2.75, 3.05) is 11.9 Å². The lowest BCUT2D eigenvalue weighted by Crippen LogP contribution is -2.13. The van der Waals surface area contributed by atoms with Crippen molar-refractivity contribution >= 4 is 56.8 Å². The first-order chi connectivity index (χ1) is 19.8. The van der Waals surface area contributed by atoms with Crippen LogP contribution in [0.4, 0.5) is 5.69 Å². The maximum atomic E-state index is 12.9. The van der Waals surface area contributed by atoms with E-state index in [2.05, 4.69) is 21.2 Å². The quantitative estimate of drug-likeness (QED) is 0.129. The number of rotatable bonds is 11. The van der Waals surface area contributed by atoms with Crippen LogP contribution in [0.15, 0.2) is 95.0 Å². The van der Waals surface area contributed by atoms with Gasteiger partial charge in [-0.25, -0.2) is 0 Å². The standard InChI is InChI=1S/C32H25BrCl2N2O4/c1-2-39-30-17-23(16-29(33)31(30)41-20-22-4-3-5-26(35)15-22)14-24(18-36)32(38)37-27-10-12-28(13-11-27)40-19-21-6-8-25(34)9-7-21/h3-17H,2,19-20H2,1H3,(H,37,38)/b24-14+. The van der Waals surface area contributed by atoms with Crippen LogP contribution in [0, 0.1) is 11.3 Å². The van der Waals surface area contributed by atoms with Crippen LogP contribution in [-0.4, -0.2) is 12.5 Å². The number of carbonyl (C=O) groups excluding carboxylic acids is 1. The lowest BCUT2D eigenvalue weighted by atomic mass is 10.1. The van der Waals surface area contributed by atoms with Crippen LogP contribution in [0.5, 0.6) is 17.2 Å². The minimum absolute atomic E-state index is 0.0741. The van der Waals surface area contributed by atoms with Crippen molar-refractivity contribution in [3.05, 3.63) is 122 Å². The fraction of sp³-hybridized carbons (Fsp3) is 0.125. The van der Waals surface area contributed by atoms with Gasteiger partial charge in [-0.2, -0.15) is 5.26 Å². The summed E-state index contributed by atoms with van der Waals surface area (Å²) < 4.78 is 18.2. The molecule has 0 aliphatic heterocycles. The van der Waals surface area contributed by atoms with Crippen LogP contribution in [-0.2, 0) is 18.0 Å². The highest BCUT2D eigenvalue weighted by Crippen LogP contribution is 2.38. The van der Waals surface area contributed by atoms with E-state index in [0.29, 0.717) is 56.2 Å². The molecule has 0 unspecified atom stereocenters. The van der Waals surface area contributed by atoms with Gasteiger partial charge in [-0.3, -0.25) is 4.79 Å². The summed E-state index contributed by atoms with van der Waals surface area (Å²) in [6.45, 7) is 2.93. The average molecular weight is 652 g/mol. The lowest BCUT2D eigenvalue weighted by Gasteiger charge is -2.15. The number of hydrogen-bond donors (Lipinski definition) is 1. The van der Waals surface area contributed by atoms with Gasteiger partial charge in [0.25, 0.3) is 5.91 Å². The van der Waals surface area contributed by atoms with Crippen molar-refractivity contribution in [1.82, 2.24) is 0 Å². The Morgan fingerprint density at radius 3 is 2.32 bits per heavy atom. The van der Waals surface area contributed by atoms with E-state index in [1.165, 1.54) is 6.08 Å². The van der Waals surface area contributed by atoms with Crippen LogP contribution in [0.1, 0.15) is 23.6 Å². The van der Waals surface area contributed by atoms with Gasteiger partial charge >= 0.3 is 0 Å². The maximum absolute atomic E-state index is 12.9. The van der Waals surface area contributed by atoms with Crippen LogP contribution in [0.3, 0.4) is 0 Å². The number of nitrogens with one attached hydrogen (secondary N) is 1. The number of anilines is 1. The topological polar surface area (TPSA) is 80.6 Å². The van der Waals surface area contributed by atoms with E-state index in [1.807, 2.05) is 43.3 Å². The minimum Gasteiger partial charge on any atom is -0.490 e. The molecule has 41 heavy (non-hydrogen) atoms. The highest BCUT2D eigenvalue weighted by atomic mass is 79.9. The van der Waals surface area contributed by atoms with Gasteiger partial charge in [0.1, 0.15) is 30.6 Å². The average Bonchev–Trinajstić information content (AvgIpc) is 2.96. The van der Waals surface area contributed by atoms with Gasteiger partial charge in [0.2, 0.25) is 0 Å². The van der Waals surface area contributed by atoms with E-state index in [-0.39, 0.29) is 12.2 Å². The third-order valence-electron chi connectivity index (χ3n) is 5.71. The zero-order chi connectivity index (χ0) is 29.2. The van der Waals surface area contributed by atoms with Crippen molar-refractivity contribution < 1.29 is 19.0 Å². The van der Waals surface area contributed by atoms with Gasteiger partial charge in [-0.05, 0) is 106 Å². The molecule has 0 aliphatic rings. The fourth-order valence-electron chi connectivity index (χ4n) is 3.75. The normalized spacial score (nSPS) is 11.0. The predicted molar refractivity (Wildman–Crippen MR) is 166 cm³/mol. The van der Waals surface area contributed by atoms with Gasteiger partial charge in [0.05, 0.1) is 11.1 Å². The summed E-state index contributed by atoms with van der Waals surface area (Å²) in [6.07, 6.45) is 1.49. The molecule has 0 aliphatic carbocycles. The smallest absolute Gasteiger partial charge is 0.266 e. The Labute approximate surface area is 257 Å². The summed E-state index contributed by atoms with van der Waals surface area (Å²) in [5.41, 5.74) is 2.93. The fourth-order valence-corrected chi connectivity index (χ4v) is 4.67. The van der Waals surface area contributed by atoms with E-state index in [4.69, 9.17) is 37.4 Å². The van der Waals surface area contributed by atoms with Crippen LogP contribution >= 0.6 is 39.1 Å². The zero-order valence-corrected chi connectivity index (χ0v) is 25.1. The van der Waals surface area contributed by atoms with E-state index in [1.54, 1.807) is 54.6 Å². The molecule has 0 bridgehead atoms. The Hall–Kier alpha value is -3.96. The Balaban J connectivity index is 1.43. The molecule has 0 saturated carbocycles. The Morgan fingerprint density at radius 1 is 0.902 bits per heavy atom. The molecule has 1 N–H and O–H groups in total. The highest BCUT2D eigenvalue weighted by Gasteiger charge is 2.15. The molecule has 0 aromatic heterocycles. The van der Waals surface area contributed by atoms with Crippen molar-refractivity contribution in [2.24, 2.45) is 0 Å². The second-order valence-corrected chi connectivity index (χ2v) is 10.5. The number of hydrogen-bond acceptors (Lipinski definition) is 5. The monoisotopic (exact) mass is 650 g/mol. The minimum atomic E-state index is -0.544. The molecule has 1 amide bonds. The highest BCUT2D eigenvalue weighted by molar-refractivity contribution is 9.10. The lowest BCUT2D eigenvalue weighted by molar-refractivity contribution is -0.112. The molecular weight excluding hydrogens is 627 g/mol. The van der Waals surface area contributed by atoms with E-state index < -0.39 is 5.91 Å². The molecule has 0 atom stereocenters. The Bertz CT molecular complexity index is 1580. The predicted octanol–water partition coefficient (Wildman–Crippen LogP) is 8.86. The molecule has 6 nitrogen and oxygen atoms in total. The summed E-state index contributed by atoms with van der Waals surface area (Å²) in [4.78, 5) is 12.9. The number of amides is 1.